The summed E-state index contributed by atoms with van der Waals surface area (Å²) in [5, 5.41) is 9.17. The Labute approximate surface area is 144 Å². The van der Waals surface area contributed by atoms with Crippen molar-refractivity contribution in [3.05, 3.63) is 36.3 Å². The molecule has 0 spiro atoms. The SMILES string of the molecule is Cc1ccc(OCC2CCN(c3nc4cnccc4s3)CC2)nn1. The summed E-state index contributed by atoms with van der Waals surface area (Å²) in [6.45, 7) is 4.65. The van der Waals surface area contributed by atoms with Crippen molar-refractivity contribution in [1.29, 1.82) is 0 Å². The number of thiazole rings is 1. The summed E-state index contributed by atoms with van der Waals surface area (Å²) < 4.78 is 6.97. The molecule has 0 N–H and O–H groups in total. The van der Waals surface area contributed by atoms with Gasteiger partial charge in [0.25, 0.3) is 0 Å². The van der Waals surface area contributed by atoms with Crippen LogP contribution in [0.3, 0.4) is 0 Å². The van der Waals surface area contributed by atoms with Gasteiger partial charge in [-0.25, -0.2) is 4.98 Å². The summed E-state index contributed by atoms with van der Waals surface area (Å²) in [7, 11) is 0. The molecule has 4 heterocycles. The molecule has 7 heteroatoms. The molecule has 0 aromatic carbocycles. The quantitative estimate of drug-likeness (QED) is 0.727. The van der Waals surface area contributed by atoms with Crippen LogP contribution in [0.25, 0.3) is 10.2 Å². The van der Waals surface area contributed by atoms with Gasteiger partial charge in [-0.2, -0.15) is 5.10 Å². The molecule has 0 unspecified atom stereocenters. The maximum Gasteiger partial charge on any atom is 0.233 e. The fourth-order valence-corrected chi connectivity index (χ4v) is 3.85. The Balaban J connectivity index is 1.32. The first-order valence-electron chi connectivity index (χ1n) is 8.16. The summed E-state index contributed by atoms with van der Waals surface area (Å²) in [4.78, 5) is 11.2. The largest absolute Gasteiger partial charge is 0.476 e. The Morgan fingerprint density at radius 3 is 2.83 bits per heavy atom. The first-order chi connectivity index (χ1) is 11.8. The Hall–Kier alpha value is -2.28. The van der Waals surface area contributed by atoms with Crippen LogP contribution in [0.4, 0.5) is 5.13 Å². The van der Waals surface area contributed by atoms with Crippen LogP contribution >= 0.6 is 11.3 Å². The monoisotopic (exact) mass is 341 g/mol. The van der Waals surface area contributed by atoms with Gasteiger partial charge in [-0.05, 0) is 37.8 Å². The highest BCUT2D eigenvalue weighted by Gasteiger charge is 2.22. The van der Waals surface area contributed by atoms with E-state index in [2.05, 4.69) is 20.1 Å². The minimum absolute atomic E-state index is 0.556. The topological polar surface area (TPSA) is 64.0 Å². The predicted molar refractivity (Wildman–Crippen MR) is 94.6 cm³/mol. The molecule has 3 aromatic rings. The second kappa shape index (κ2) is 6.68. The molecule has 1 aliphatic heterocycles. The molecule has 124 valence electrons. The van der Waals surface area contributed by atoms with E-state index in [-0.39, 0.29) is 0 Å². The molecule has 24 heavy (non-hydrogen) atoms. The zero-order chi connectivity index (χ0) is 16.4. The van der Waals surface area contributed by atoms with Crippen molar-refractivity contribution in [3.63, 3.8) is 0 Å². The van der Waals surface area contributed by atoms with E-state index in [0.717, 1.165) is 42.3 Å². The highest BCUT2D eigenvalue weighted by Crippen LogP contribution is 2.31. The molecule has 6 nitrogen and oxygen atoms in total. The van der Waals surface area contributed by atoms with Crippen LogP contribution in [-0.2, 0) is 0 Å². The van der Waals surface area contributed by atoms with Gasteiger partial charge < -0.3 is 9.64 Å². The normalized spacial score (nSPS) is 15.8. The number of aromatic nitrogens is 4. The Kier molecular flexibility index (Phi) is 4.25. The molecular formula is C17H19N5OS. The lowest BCUT2D eigenvalue weighted by atomic mass is 9.98. The van der Waals surface area contributed by atoms with Gasteiger partial charge in [-0.1, -0.05) is 11.3 Å². The maximum absolute atomic E-state index is 5.78. The van der Waals surface area contributed by atoms with Crippen LogP contribution in [0, 0.1) is 12.8 Å². The second-order valence-electron chi connectivity index (χ2n) is 6.09. The number of nitrogens with zero attached hydrogens (tertiary/aromatic N) is 5. The summed E-state index contributed by atoms with van der Waals surface area (Å²) >= 11 is 1.74. The van der Waals surface area contributed by atoms with Crippen LogP contribution in [-0.4, -0.2) is 39.9 Å². The Bertz CT molecular complexity index is 778. The highest BCUT2D eigenvalue weighted by atomic mass is 32.1. The van der Waals surface area contributed by atoms with Crippen molar-refractivity contribution < 1.29 is 4.74 Å². The fraction of sp³-hybridized carbons (Fsp3) is 0.412. The van der Waals surface area contributed by atoms with Crippen LogP contribution in [0.5, 0.6) is 5.88 Å². The van der Waals surface area contributed by atoms with E-state index in [1.165, 1.54) is 4.70 Å². The molecular weight excluding hydrogens is 322 g/mol. The van der Waals surface area contributed by atoms with E-state index >= 15 is 0 Å². The van der Waals surface area contributed by atoms with Crippen molar-refractivity contribution >= 4 is 26.7 Å². The number of anilines is 1. The maximum atomic E-state index is 5.78. The predicted octanol–water partition coefficient (Wildman–Crippen LogP) is 3.09. The first kappa shape index (κ1) is 15.3. The molecule has 1 fully saturated rings. The van der Waals surface area contributed by atoms with Crippen LogP contribution in [0.1, 0.15) is 18.5 Å². The average Bonchev–Trinajstić information content (AvgIpc) is 3.06. The molecule has 0 atom stereocenters. The van der Waals surface area contributed by atoms with Gasteiger partial charge in [-0.15, -0.1) is 5.10 Å². The van der Waals surface area contributed by atoms with Gasteiger partial charge in [0, 0.05) is 25.4 Å². The Morgan fingerprint density at radius 2 is 2.08 bits per heavy atom. The van der Waals surface area contributed by atoms with Gasteiger partial charge in [0.1, 0.15) is 5.52 Å². The summed E-state index contributed by atoms with van der Waals surface area (Å²) in [5.74, 6) is 1.17. The zero-order valence-electron chi connectivity index (χ0n) is 13.6. The number of pyridine rings is 1. The summed E-state index contributed by atoms with van der Waals surface area (Å²) in [5.41, 5.74) is 1.89. The standard InChI is InChI=1S/C17H19N5OS/c1-12-2-3-16(21-20-12)23-11-13-5-8-22(9-6-13)17-19-14-10-18-7-4-15(14)24-17/h2-4,7,10,13H,5-6,8-9,11H2,1H3. The number of hydrogen-bond acceptors (Lipinski definition) is 7. The van der Waals surface area contributed by atoms with E-state index in [1.54, 1.807) is 11.3 Å². The van der Waals surface area contributed by atoms with E-state index < -0.39 is 0 Å². The zero-order valence-corrected chi connectivity index (χ0v) is 14.4. The van der Waals surface area contributed by atoms with Gasteiger partial charge in [0.15, 0.2) is 5.13 Å². The van der Waals surface area contributed by atoms with Gasteiger partial charge in [0.2, 0.25) is 5.88 Å². The van der Waals surface area contributed by atoms with Crippen LogP contribution < -0.4 is 9.64 Å². The summed E-state index contributed by atoms with van der Waals surface area (Å²) in [6, 6.07) is 5.83. The third-order valence-corrected chi connectivity index (χ3v) is 5.40. The number of ether oxygens (including phenoxy) is 1. The first-order valence-corrected chi connectivity index (χ1v) is 8.98. The minimum atomic E-state index is 0.556. The highest BCUT2D eigenvalue weighted by molar-refractivity contribution is 7.22. The average molecular weight is 341 g/mol. The van der Waals surface area contributed by atoms with E-state index in [1.807, 2.05) is 37.5 Å². The molecule has 1 saturated heterocycles. The molecule has 3 aromatic heterocycles. The molecule has 0 aliphatic carbocycles. The third-order valence-electron chi connectivity index (χ3n) is 4.30. The number of hydrogen-bond donors (Lipinski definition) is 0. The molecule has 4 rings (SSSR count). The molecule has 0 bridgehead atoms. The smallest absolute Gasteiger partial charge is 0.233 e. The van der Waals surface area contributed by atoms with Crippen molar-refractivity contribution in [2.75, 3.05) is 24.6 Å². The number of rotatable bonds is 4. The Morgan fingerprint density at radius 1 is 1.21 bits per heavy atom. The molecule has 0 radical (unpaired) electrons. The fourth-order valence-electron chi connectivity index (χ4n) is 2.86. The van der Waals surface area contributed by atoms with Crippen molar-refractivity contribution in [3.8, 4) is 5.88 Å². The lowest BCUT2D eigenvalue weighted by Gasteiger charge is -2.31. The van der Waals surface area contributed by atoms with Gasteiger partial charge in [-0.3, -0.25) is 4.98 Å². The summed E-state index contributed by atoms with van der Waals surface area (Å²) in [6.07, 6.45) is 5.86. The molecule has 0 amide bonds. The lowest BCUT2D eigenvalue weighted by molar-refractivity contribution is 0.214. The van der Waals surface area contributed by atoms with Crippen molar-refractivity contribution in [2.24, 2.45) is 5.92 Å². The lowest BCUT2D eigenvalue weighted by Crippen LogP contribution is -2.35. The van der Waals surface area contributed by atoms with Crippen LogP contribution in [0.2, 0.25) is 0 Å². The van der Waals surface area contributed by atoms with Crippen molar-refractivity contribution in [2.45, 2.75) is 19.8 Å². The van der Waals surface area contributed by atoms with E-state index in [0.29, 0.717) is 18.4 Å². The van der Waals surface area contributed by atoms with Crippen molar-refractivity contribution in [1.82, 2.24) is 20.2 Å². The number of piperidine rings is 1. The molecule has 0 saturated carbocycles. The van der Waals surface area contributed by atoms with Gasteiger partial charge in [0.05, 0.1) is 23.2 Å². The molecule has 1 aliphatic rings. The third kappa shape index (κ3) is 3.31. The van der Waals surface area contributed by atoms with E-state index in [4.69, 9.17) is 9.72 Å². The van der Waals surface area contributed by atoms with Gasteiger partial charge >= 0.3 is 0 Å². The van der Waals surface area contributed by atoms with E-state index in [9.17, 15) is 0 Å². The number of fused-ring (bicyclic) bond motifs is 1. The number of aryl methyl sites for hydroxylation is 1. The second-order valence-corrected chi connectivity index (χ2v) is 7.10. The van der Waals surface area contributed by atoms with Crippen LogP contribution in [0.15, 0.2) is 30.6 Å². The minimum Gasteiger partial charge on any atom is -0.476 e.